The average molecular weight is 394 g/mol. The lowest BCUT2D eigenvalue weighted by Crippen LogP contribution is -2.22. The van der Waals surface area contributed by atoms with E-state index in [0.29, 0.717) is 47.4 Å². The van der Waals surface area contributed by atoms with Crippen LogP contribution in [-0.2, 0) is 0 Å². The summed E-state index contributed by atoms with van der Waals surface area (Å²) in [5.41, 5.74) is 2.00. The van der Waals surface area contributed by atoms with Crippen molar-refractivity contribution in [3.8, 4) is 11.7 Å². The molecule has 150 valence electrons. The lowest BCUT2D eigenvalue weighted by Gasteiger charge is -2.08. The summed E-state index contributed by atoms with van der Waals surface area (Å²) < 4.78 is 6.81. The molecule has 0 aliphatic carbocycles. The molecule has 2 amide bonds. The first-order valence-corrected chi connectivity index (χ1v) is 9.24. The normalized spacial score (nSPS) is 10.4. The molecule has 0 aliphatic rings. The van der Waals surface area contributed by atoms with E-state index in [4.69, 9.17) is 4.74 Å². The maximum absolute atomic E-state index is 12.7. The van der Waals surface area contributed by atoms with Gasteiger partial charge in [0.25, 0.3) is 11.8 Å². The first-order valence-electron chi connectivity index (χ1n) is 9.24. The van der Waals surface area contributed by atoms with E-state index in [1.807, 2.05) is 13.8 Å². The zero-order chi connectivity index (χ0) is 20.8. The lowest BCUT2D eigenvalue weighted by atomic mass is 10.1. The van der Waals surface area contributed by atoms with Crippen LogP contribution in [0.2, 0.25) is 0 Å². The lowest BCUT2D eigenvalue weighted by molar-refractivity contribution is 0.0954. The SMILES string of the molecule is CCNC(=O)c1cccc(NC(=O)c2cnn(-c3ccc(OCC)nn3)c2C)c1. The van der Waals surface area contributed by atoms with E-state index in [0.717, 1.165) is 0 Å². The van der Waals surface area contributed by atoms with Gasteiger partial charge >= 0.3 is 0 Å². The molecule has 3 aromatic rings. The minimum atomic E-state index is -0.333. The molecule has 0 spiro atoms. The number of anilines is 1. The van der Waals surface area contributed by atoms with Crippen molar-refractivity contribution in [2.45, 2.75) is 20.8 Å². The second-order valence-electron chi connectivity index (χ2n) is 6.11. The van der Waals surface area contributed by atoms with Crippen LogP contribution in [0.25, 0.3) is 5.82 Å². The van der Waals surface area contributed by atoms with E-state index in [1.54, 1.807) is 43.3 Å². The number of carbonyl (C=O) groups is 2. The molecule has 1 aromatic carbocycles. The number of carbonyl (C=O) groups excluding carboxylic acids is 2. The largest absolute Gasteiger partial charge is 0.477 e. The maximum atomic E-state index is 12.7. The molecule has 2 heterocycles. The highest BCUT2D eigenvalue weighted by molar-refractivity contribution is 6.05. The molecule has 0 saturated carbocycles. The molecule has 9 nitrogen and oxygen atoms in total. The van der Waals surface area contributed by atoms with Gasteiger partial charge in [-0.1, -0.05) is 6.07 Å². The first-order chi connectivity index (χ1) is 14.0. The zero-order valence-corrected chi connectivity index (χ0v) is 16.5. The molecule has 0 unspecified atom stereocenters. The molecule has 2 N–H and O–H groups in total. The second kappa shape index (κ2) is 8.96. The van der Waals surface area contributed by atoms with Gasteiger partial charge in [-0.3, -0.25) is 9.59 Å². The Morgan fingerprint density at radius 3 is 2.62 bits per heavy atom. The third-order valence-corrected chi connectivity index (χ3v) is 4.11. The summed E-state index contributed by atoms with van der Waals surface area (Å²) in [5, 5.41) is 17.8. The second-order valence-corrected chi connectivity index (χ2v) is 6.11. The quantitative estimate of drug-likeness (QED) is 0.636. The Bertz CT molecular complexity index is 1010. The highest BCUT2D eigenvalue weighted by Crippen LogP contribution is 2.17. The smallest absolute Gasteiger partial charge is 0.259 e. The summed E-state index contributed by atoms with van der Waals surface area (Å²) in [6, 6.07) is 10.2. The van der Waals surface area contributed by atoms with Gasteiger partial charge in [-0.05, 0) is 45.0 Å². The molecule has 0 saturated heterocycles. The van der Waals surface area contributed by atoms with Crippen LogP contribution < -0.4 is 15.4 Å². The monoisotopic (exact) mass is 394 g/mol. The Morgan fingerprint density at radius 2 is 1.93 bits per heavy atom. The van der Waals surface area contributed by atoms with Gasteiger partial charge in [0.05, 0.1) is 24.1 Å². The predicted octanol–water partition coefficient (Wildman–Crippen LogP) is 2.37. The summed E-state index contributed by atoms with van der Waals surface area (Å²) in [4.78, 5) is 24.7. The van der Waals surface area contributed by atoms with E-state index in [-0.39, 0.29) is 11.8 Å². The summed E-state index contributed by atoms with van der Waals surface area (Å²) in [5.74, 6) is 0.372. The van der Waals surface area contributed by atoms with Gasteiger partial charge in [0.2, 0.25) is 5.88 Å². The molecular formula is C20H22N6O3. The van der Waals surface area contributed by atoms with Crippen molar-refractivity contribution in [3.63, 3.8) is 0 Å². The van der Waals surface area contributed by atoms with Gasteiger partial charge in [0, 0.05) is 23.9 Å². The molecular weight excluding hydrogens is 372 g/mol. The van der Waals surface area contributed by atoms with Crippen molar-refractivity contribution in [2.75, 3.05) is 18.5 Å². The number of aromatic nitrogens is 4. The Kier molecular flexibility index (Phi) is 6.18. The highest BCUT2D eigenvalue weighted by Gasteiger charge is 2.17. The van der Waals surface area contributed by atoms with Crippen LogP contribution in [0.1, 0.15) is 40.3 Å². The van der Waals surface area contributed by atoms with E-state index >= 15 is 0 Å². The van der Waals surface area contributed by atoms with Crippen LogP contribution in [0.15, 0.2) is 42.6 Å². The fraction of sp³-hybridized carbons (Fsp3) is 0.250. The van der Waals surface area contributed by atoms with Crippen molar-refractivity contribution in [3.05, 3.63) is 59.4 Å². The molecule has 0 atom stereocenters. The molecule has 0 radical (unpaired) electrons. The van der Waals surface area contributed by atoms with Crippen LogP contribution in [0.4, 0.5) is 5.69 Å². The molecule has 2 aromatic heterocycles. The van der Waals surface area contributed by atoms with E-state index in [1.165, 1.54) is 10.9 Å². The molecule has 0 bridgehead atoms. The number of hydrogen-bond acceptors (Lipinski definition) is 6. The Morgan fingerprint density at radius 1 is 1.10 bits per heavy atom. The number of nitrogens with zero attached hydrogens (tertiary/aromatic N) is 4. The maximum Gasteiger partial charge on any atom is 0.259 e. The summed E-state index contributed by atoms with van der Waals surface area (Å²) in [7, 11) is 0. The number of amides is 2. The average Bonchev–Trinajstić information content (AvgIpc) is 3.11. The van der Waals surface area contributed by atoms with Crippen molar-refractivity contribution in [1.82, 2.24) is 25.3 Å². The Labute approximate surface area is 168 Å². The van der Waals surface area contributed by atoms with Crippen LogP contribution in [0, 0.1) is 6.92 Å². The number of nitrogens with one attached hydrogen (secondary N) is 2. The summed E-state index contributed by atoms with van der Waals surface area (Å²) in [6.07, 6.45) is 1.47. The fourth-order valence-electron chi connectivity index (χ4n) is 2.71. The molecule has 3 rings (SSSR count). The molecule has 9 heteroatoms. The van der Waals surface area contributed by atoms with Gasteiger partial charge in [-0.15, -0.1) is 10.2 Å². The highest BCUT2D eigenvalue weighted by atomic mass is 16.5. The number of ether oxygens (including phenoxy) is 1. The first kappa shape index (κ1) is 20.0. The molecule has 29 heavy (non-hydrogen) atoms. The van der Waals surface area contributed by atoms with Gasteiger partial charge in [-0.25, -0.2) is 4.68 Å². The fourth-order valence-corrected chi connectivity index (χ4v) is 2.71. The predicted molar refractivity (Wildman–Crippen MR) is 107 cm³/mol. The van der Waals surface area contributed by atoms with Crippen molar-refractivity contribution in [2.24, 2.45) is 0 Å². The van der Waals surface area contributed by atoms with Crippen molar-refractivity contribution in [1.29, 1.82) is 0 Å². The van der Waals surface area contributed by atoms with Gasteiger partial charge in [-0.2, -0.15) is 5.10 Å². The molecule has 0 fully saturated rings. The third kappa shape index (κ3) is 4.57. The summed E-state index contributed by atoms with van der Waals surface area (Å²) in [6.45, 7) is 6.51. The number of benzene rings is 1. The van der Waals surface area contributed by atoms with Gasteiger partial charge < -0.3 is 15.4 Å². The van der Waals surface area contributed by atoms with E-state index in [2.05, 4.69) is 25.9 Å². The zero-order valence-electron chi connectivity index (χ0n) is 16.5. The summed E-state index contributed by atoms with van der Waals surface area (Å²) >= 11 is 0. The molecule has 0 aliphatic heterocycles. The van der Waals surface area contributed by atoms with Crippen molar-refractivity contribution >= 4 is 17.5 Å². The van der Waals surface area contributed by atoms with E-state index < -0.39 is 0 Å². The Hall–Kier alpha value is -3.75. The van der Waals surface area contributed by atoms with E-state index in [9.17, 15) is 9.59 Å². The van der Waals surface area contributed by atoms with Crippen LogP contribution in [0.3, 0.4) is 0 Å². The Balaban J connectivity index is 1.77. The van der Waals surface area contributed by atoms with Crippen molar-refractivity contribution < 1.29 is 14.3 Å². The van der Waals surface area contributed by atoms with Crippen LogP contribution in [-0.4, -0.2) is 44.9 Å². The van der Waals surface area contributed by atoms with Gasteiger partial charge in [0.15, 0.2) is 5.82 Å². The van der Waals surface area contributed by atoms with Crippen LogP contribution in [0.5, 0.6) is 5.88 Å². The minimum Gasteiger partial charge on any atom is -0.477 e. The van der Waals surface area contributed by atoms with Gasteiger partial charge in [0.1, 0.15) is 0 Å². The third-order valence-electron chi connectivity index (χ3n) is 4.11. The standard InChI is InChI=1S/C20H22N6O3/c1-4-21-19(27)14-7-6-8-15(11-14)23-20(28)16-12-22-26(13(16)3)17-9-10-18(25-24-17)29-5-2/h6-12H,4-5H2,1-3H3,(H,21,27)(H,23,28). The minimum absolute atomic E-state index is 0.193. The topological polar surface area (TPSA) is 111 Å². The number of hydrogen-bond donors (Lipinski definition) is 2. The van der Waals surface area contributed by atoms with Crippen LogP contribution >= 0.6 is 0 Å². The number of rotatable bonds is 7.